The van der Waals surface area contributed by atoms with Gasteiger partial charge >= 0.3 is 0 Å². The molecule has 1 heterocycles. The predicted octanol–water partition coefficient (Wildman–Crippen LogP) is 1.35. The molecule has 0 fully saturated rings. The van der Waals surface area contributed by atoms with Crippen LogP contribution in [0.3, 0.4) is 0 Å². The number of hydrogen-bond acceptors (Lipinski definition) is 2. The summed E-state index contributed by atoms with van der Waals surface area (Å²) < 4.78 is 16.4. The van der Waals surface area contributed by atoms with E-state index >= 15 is 0 Å². The fourth-order valence-electron chi connectivity index (χ4n) is 0.494. The monoisotopic (exact) mass is 118 g/mol. The fourth-order valence-corrected chi connectivity index (χ4v) is 0.494. The highest BCUT2D eigenvalue weighted by Crippen LogP contribution is 2.23. The third kappa shape index (κ3) is 0.638. The van der Waals surface area contributed by atoms with Gasteiger partial charge in [0.05, 0.1) is 5.92 Å². The topological polar surface area (TPSA) is 29.5 Å². The zero-order valence-corrected chi connectivity index (χ0v) is 4.47. The quantitative estimate of drug-likeness (QED) is 0.520. The number of aliphatic hydroxyl groups is 1. The lowest BCUT2D eigenvalue weighted by atomic mass is 10.2. The van der Waals surface area contributed by atoms with Crippen molar-refractivity contribution >= 4 is 0 Å². The summed E-state index contributed by atoms with van der Waals surface area (Å²) in [4.78, 5) is 0. The molecule has 2 atom stereocenters. The molecule has 2 nitrogen and oxygen atoms in total. The van der Waals surface area contributed by atoms with Gasteiger partial charge in [-0.3, -0.25) is 0 Å². The van der Waals surface area contributed by atoms with E-state index in [1.54, 1.807) is 6.92 Å². The first kappa shape index (κ1) is 5.41. The van der Waals surface area contributed by atoms with Crippen LogP contribution in [-0.2, 0) is 4.74 Å². The van der Waals surface area contributed by atoms with Crippen LogP contribution in [0.15, 0.2) is 12.0 Å². The zero-order valence-electron chi connectivity index (χ0n) is 4.47. The van der Waals surface area contributed by atoms with Gasteiger partial charge in [-0.15, -0.1) is 0 Å². The van der Waals surface area contributed by atoms with Crippen molar-refractivity contribution in [1.29, 1.82) is 0 Å². The number of rotatable bonds is 0. The molecule has 0 aromatic rings. The van der Waals surface area contributed by atoms with Gasteiger partial charge < -0.3 is 9.84 Å². The molecule has 0 saturated heterocycles. The molecule has 0 aromatic heterocycles. The van der Waals surface area contributed by atoms with Crippen molar-refractivity contribution in [3.8, 4) is 0 Å². The summed E-state index contributed by atoms with van der Waals surface area (Å²) in [7, 11) is 0. The first-order valence-corrected chi connectivity index (χ1v) is 2.40. The van der Waals surface area contributed by atoms with E-state index in [4.69, 9.17) is 5.11 Å². The predicted molar refractivity (Wildman–Crippen MR) is 25.9 cm³/mol. The minimum absolute atomic E-state index is 0.0162. The smallest absolute Gasteiger partial charge is 0.247 e. The Morgan fingerprint density at radius 2 is 2.50 bits per heavy atom. The van der Waals surface area contributed by atoms with Crippen LogP contribution in [0.1, 0.15) is 6.92 Å². The van der Waals surface area contributed by atoms with E-state index < -0.39 is 12.3 Å². The van der Waals surface area contributed by atoms with E-state index in [-0.39, 0.29) is 5.76 Å². The van der Waals surface area contributed by atoms with Crippen molar-refractivity contribution in [3.05, 3.63) is 12.0 Å². The van der Waals surface area contributed by atoms with Crippen molar-refractivity contribution in [1.82, 2.24) is 0 Å². The van der Waals surface area contributed by atoms with Crippen molar-refractivity contribution in [3.63, 3.8) is 0 Å². The lowest BCUT2D eigenvalue weighted by molar-refractivity contribution is 0.0144. The van der Waals surface area contributed by atoms with Crippen molar-refractivity contribution in [2.75, 3.05) is 0 Å². The largest absolute Gasteiger partial charge is 0.509 e. The van der Waals surface area contributed by atoms with Crippen LogP contribution < -0.4 is 0 Å². The second-order valence-corrected chi connectivity index (χ2v) is 1.82. The molecule has 3 heteroatoms. The van der Waals surface area contributed by atoms with E-state index in [0.717, 1.165) is 6.26 Å². The molecule has 1 aliphatic rings. The van der Waals surface area contributed by atoms with Crippen LogP contribution >= 0.6 is 0 Å². The van der Waals surface area contributed by atoms with Gasteiger partial charge in [-0.05, 0) is 6.92 Å². The maximum Gasteiger partial charge on any atom is 0.247 e. The second-order valence-electron chi connectivity index (χ2n) is 1.82. The van der Waals surface area contributed by atoms with Crippen molar-refractivity contribution < 1.29 is 14.2 Å². The zero-order chi connectivity index (χ0) is 6.15. The first-order chi connectivity index (χ1) is 3.72. The van der Waals surface area contributed by atoms with Gasteiger partial charge in [0.15, 0.2) is 0 Å². The van der Waals surface area contributed by atoms with E-state index in [9.17, 15) is 4.39 Å². The molecule has 1 N–H and O–H groups in total. The molecule has 1 aliphatic heterocycles. The lowest BCUT2D eigenvalue weighted by Crippen LogP contribution is -2.08. The Balaban J connectivity index is 2.59. The number of hydrogen-bond donors (Lipinski definition) is 1. The maximum atomic E-state index is 12.1. The molecule has 46 valence electrons. The molecule has 0 bridgehead atoms. The van der Waals surface area contributed by atoms with Crippen molar-refractivity contribution in [2.45, 2.75) is 13.3 Å². The third-order valence-electron chi connectivity index (χ3n) is 1.18. The van der Waals surface area contributed by atoms with Gasteiger partial charge in [0.25, 0.3) is 0 Å². The number of alkyl halides is 1. The molecule has 0 aromatic carbocycles. The van der Waals surface area contributed by atoms with Gasteiger partial charge in [-0.1, -0.05) is 0 Å². The summed E-state index contributed by atoms with van der Waals surface area (Å²) in [6.45, 7) is 1.56. The summed E-state index contributed by atoms with van der Waals surface area (Å²) in [6, 6.07) is 0. The van der Waals surface area contributed by atoms with Gasteiger partial charge in [0.2, 0.25) is 6.36 Å². The minimum Gasteiger partial charge on any atom is -0.509 e. The Hall–Kier alpha value is -0.730. The average Bonchev–Trinajstić information content (AvgIpc) is 1.98. The van der Waals surface area contributed by atoms with E-state index in [1.165, 1.54) is 0 Å². The van der Waals surface area contributed by atoms with E-state index in [2.05, 4.69) is 4.74 Å². The molecule has 8 heavy (non-hydrogen) atoms. The van der Waals surface area contributed by atoms with Crippen LogP contribution in [0, 0.1) is 5.92 Å². The van der Waals surface area contributed by atoms with E-state index in [0.29, 0.717) is 0 Å². The summed E-state index contributed by atoms with van der Waals surface area (Å²) in [5.41, 5.74) is 0. The number of ether oxygens (including phenoxy) is 1. The summed E-state index contributed by atoms with van der Waals surface area (Å²) in [5.74, 6) is -0.507. The Labute approximate surface area is 46.6 Å². The molecule has 2 unspecified atom stereocenters. The second kappa shape index (κ2) is 1.65. The summed E-state index contributed by atoms with van der Waals surface area (Å²) in [5, 5.41) is 8.66. The normalized spacial score (nSPS) is 36.5. The van der Waals surface area contributed by atoms with Crippen molar-refractivity contribution in [2.24, 2.45) is 5.92 Å². The highest BCUT2D eigenvalue weighted by molar-refractivity contribution is 4.97. The standard InChI is InChI=1S/C5H7FO2/c1-3-4(7)2-8-5(3)6/h2-3,5,7H,1H3. The Morgan fingerprint density at radius 1 is 1.88 bits per heavy atom. The Bertz CT molecular complexity index is 122. The fraction of sp³-hybridized carbons (Fsp3) is 0.600. The molecule has 0 radical (unpaired) electrons. The van der Waals surface area contributed by atoms with Crippen LogP contribution in [0.25, 0.3) is 0 Å². The van der Waals surface area contributed by atoms with Gasteiger partial charge in [0.1, 0.15) is 12.0 Å². The average molecular weight is 118 g/mol. The van der Waals surface area contributed by atoms with E-state index in [1.807, 2.05) is 0 Å². The van der Waals surface area contributed by atoms with Gasteiger partial charge in [0, 0.05) is 0 Å². The van der Waals surface area contributed by atoms with Crippen LogP contribution in [-0.4, -0.2) is 11.5 Å². The van der Waals surface area contributed by atoms with Gasteiger partial charge in [-0.25, -0.2) is 4.39 Å². The van der Waals surface area contributed by atoms with Gasteiger partial charge in [-0.2, -0.15) is 0 Å². The highest BCUT2D eigenvalue weighted by atomic mass is 19.1. The highest BCUT2D eigenvalue weighted by Gasteiger charge is 2.26. The Morgan fingerprint density at radius 3 is 2.62 bits per heavy atom. The molecule has 0 spiro atoms. The molecular weight excluding hydrogens is 111 g/mol. The molecular formula is C5H7FO2. The molecule has 0 amide bonds. The molecule has 0 saturated carbocycles. The first-order valence-electron chi connectivity index (χ1n) is 2.40. The molecule has 0 aliphatic carbocycles. The lowest BCUT2D eigenvalue weighted by Gasteiger charge is -2.03. The van der Waals surface area contributed by atoms with Crippen LogP contribution in [0.5, 0.6) is 0 Å². The molecule has 1 rings (SSSR count). The van der Waals surface area contributed by atoms with Crippen LogP contribution in [0.2, 0.25) is 0 Å². The number of halogens is 1. The maximum absolute atomic E-state index is 12.1. The summed E-state index contributed by atoms with van der Waals surface area (Å²) >= 11 is 0. The minimum atomic E-state index is -1.35. The SMILES string of the molecule is CC1C(O)=COC1F. The van der Waals surface area contributed by atoms with Crippen LogP contribution in [0.4, 0.5) is 4.39 Å². The Kier molecular flexibility index (Phi) is 1.12. The third-order valence-corrected chi connectivity index (χ3v) is 1.18. The summed E-state index contributed by atoms with van der Waals surface area (Å²) in [6.07, 6.45) is -0.315. The number of aliphatic hydroxyl groups excluding tert-OH is 1.